The van der Waals surface area contributed by atoms with E-state index in [-0.39, 0.29) is 0 Å². The smallest absolute Gasteiger partial charge is 0.223 e. The fourth-order valence-corrected chi connectivity index (χ4v) is 3.71. The largest absolute Gasteiger partial charge is 0.368 e. The lowest BCUT2D eigenvalue weighted by Gasteiger charge is -2.32. The Morgan fingerprint density at radius 2 is 2.35 bits per heavy atom. The zero-order valence-electron chi connectivity index (χ0n) is 12.0. The maximum atomic E-state index is 5.83. The number of fused-ring (bicyclic) bond motifs is 1. The van der Waals surface area contributed by atoms with Crippen LogP contribution in [-0.2, 0) is 0 Å². The van der Waals surface area contributed by atoms with E-state index in [0.29, 0.717) is 12.0 Å². The minimum atomic E-state index is 0.352. The molecule has 20 heavy (non-hydrogen) atoms. The van der Waals surface area contributed by atoms with Crippen molar-refractivity contribution in [3.8, 4) is 0 Å². The second-order valence-corrected chi connectivity index (χ2v) is 6.62. The van der Waals surface area contributed by atoms with E-state index in [1.807, 2.05) is 0 Å². The van der Waals surface area contributed by atoms with Crippen molar-refractivity contribution < 1.29 is 0 Å². The maximum absolute atomic E-state index is 5.83. The maximum Gasteiger partial charge on any atom is 0.223 e. The van der Waals surface area contributed by atoms with Crippen molar-refractivity contribution in [3.63, 3.8) is 0 Å². The van der Waals surface area contributed by atoms with Gasteiger partial charge in [0.05, 0.1) is 5.39 Å². The third kappa shape index (κ3) is 2.71. The van der Waals surface area contributed by atoms with Crippen LogP contribution in [0.3, 0.4) is 0 Å². The van der Waals surface area contributed by atoms with Crippen LogP contribution in [0.4, 0.5) is 11.8 Å². The average Bonchev–Trinajstić information content (AvgIpc) is 2.79. The van der Waals surface area contributed by atoms with E-state index >= 15 is 0 Å². The van der Waals surface area contributed by atoms with E-state index in [1.54, 1.807) is 11.3 Å². The number of nitrogens with two attached hydrogens (primary N) is 1. The van der Waals surface area contributed by atoms with Crippen LogP contribution in [0.5, 0.6) is 0 Å². The van der Waals surface area contributed by atoms with Gasteiger partial charge in [-0.15, -0.1) is 11.3 Å². The zero-order chi connectivity index (χ0) is 14.1. The first-order chi connectivity index (χ1) is 9.65. The van der Waals surface area contributed by atoms with Crippen molar-refractivity contribution >= 4 is 33.3 Å². The molecule has 1 atom stereocenters. The number of rotatable bonds is 3. The summed E-state index contributed by atoms with van der Waals surface area (Å²) in [7, 11) is 0. The molecule has 3 heterocycles. The normalized spacial score (nSPS) is 20.4. The van der Waals surface area contributed by atoms with Gasteiger partial charge in [-0.05, 0) is 38.9 Å². The molecule has 3 rings (SSSR count). The molecule has 1 aliphatic heterocycles. The Morgan fingerprint density at radius 3 is 3.15 bits per heavy atom. The molecule has 6 heteroatoms. The molecule has 0 amide bonds. The van der Waals surface area contributed by atoms with Crippen molar-refractivity contribution in [3.05, 3.63) is 10.9 Å². The molecule has 0 saturated carbocycles. The Bertz CT molecular complexity index is 609. The van der Waals surface area contributed by atoms with Gasteiger partial charge < -0.3 is 16.0 Å². The fourth-order valence-electron chi connectivity index (χ4n) is 2.82. The summed E-state index contributed by atoms with van der Waals surface area (Å²) < 4.78 is 0. The Labute approximate surface area is 123 Å². The highest BCUT2D eigenvalue weighted by atomic mass is 32.1. The number of piperidine rings is 1. The Kier molecular flexibility index (Phi) is 3.76. The number of nitrogen functional groups attached to an aromatic ring is 1. The van der Waals surface area contributed by atoms with Crippen LogP contribution in [-0.4, -0.2) is 40.5 Å². The Balaban J connectivity index is 1.86. The molecule has 0 bridgehead atoms. The number of likely N-dealkylation sites (N-methyl/N-ethyl adjacent to an activating group) is 1. The summed E-state index contributed by atoms with van der Waals surface area (Å²) in [6.07, 6.45) is 2.42. The molecule has 1 aliphatic rings. The predicted octanol–water partition coefficient (Wildman–Crippen LogP) is 2.48. The number of likely N-dealkylation sites (tertiary alicyclic amines) is 1. The lowest BCUT2D eigenvalue weighted by atomic mass is 10.1. The standard InChI is InChI=1S/C14H21N5S/c1-3-19-6-4-5-10(8-19)16-12-11-7-9(2)20-13(11)18-14(15)17-12/h7,10H,3-6,8H2,1-2H3,(H3,15,16,17,18). The number of aromatic nitrogens is 2. The molecule has 108 valence electrons. The molecular weight excluding hydrogens is 270 g/mol. The SMILES string of the molecule is CCN1CCCC(Nc2nc(N)nc3sc(C)cc23)C1. The summed E-state index contributed by atoms with van der Waals surface area (Å²) in [5, 5.41) is 4.67. The van der Waals surface area contributed by atoms with E-state index in [1.165, 1.54) is 24.3 Å². The number of hydrogen-bond acceptors (Lipinski definition) is 6. The van der Waals surface area contributed by atoms with Crippen molar-refractivity contribution in [1.82, 2.24) is 14.9 Å². The van der Waals surface area contributed by atoms with Gasteiger partial charge in [0.25, 0.3) is 0 Å². The van der Waals surface area contributed by atoms with E-state index < -0.39 is 0 Å². The minimum Gasteiger partial charge on any atom is -0.368 e. The van der Waals surface area contributed by atoms with Crippen LogP contribution < -0.4 is 11.1 Å². The van der Waals surface area contributed by atoms with Crippen LogP contribution >= 0.6 is 11.3 Å². The molecule has 3 N–H and O–H groups in total. The van der Waals surface area contributed by atoms with Crippen LogP contribution in [0.2, 0.25) is 0 Å². The Morgan fingerprint density at radius 1 is 1.50 bits per heavy atom. The molecule has 0 aliphatic carbocycles. The number of aryl methyl sites for hydroxylation is 1. The molecular formula is C14H21N5S. The third-order valence-corrected chi connectivity index (χ3v) is 4.77. The number of nitrogens with zero attached hydrogens (tertiary/aromatic N) is 3. The lowest BCUT2D eigenvalue weighted by molar-refractivity contribution is 0.226. The van der Waals surface area contributed by atoms with Crippen molar-refractivity contribution in [2.75, 3.05) is 30.7 Å². The van der Waals surface area contributed by atoms with Gasteiger partial charge in [-0.25, -0.2) is 4.98 Å². The van der Waals surface area contributed by atoms with Gasteiger partial charge in [0.15, 0.2) is 0 Å². The van der Waals surface area contributed by atoms with Gasteiger partial charge in [0, 0.05) is 17.5 Å². The van der Waals surface area contributed by atoms with Crippen molar-refractivity contribution in [2.45, 2.75) is 32.7 Å². The number of nitrogens with one attached hydrogen (secondary N) is 1. The summed E-state index contributed by atoms with van der Waals surface area (Å²) in [5.41, 5.74) is 5.83. The van der Waals surface area contributed by atoms with E-state index in [2.05, 4.69) is 40.1 Å². The van der Waals surface area contributed by atoms with Gasteiger partial charge in [-0.3, -0.25) is 0 Å². The summed E-state index contributed by atoms with van der Waals surface area (Å²) >= 11 is 1.67. The number of hydrogen-bond donors (Lipinski definition) is 2. The predicted molar refractivity (Wildman–Crippen MR) is 85.3 cm³/mol. The van der Waals surface area contributed by atoms with Crippen LogP contribution in [0.25, 0.3) is 10.2 Å². The molecule has 0 spiro atoms. The highest BCUT2D eigenvalue weighted by Crippen LogP contribution is 2.30. The second kappa shape index (κ2) is 5.54. The summed E-state index contributed by atoms with van der Waals surface area (Å²) in [6.45, 7) is 7.69. The first-order valence-corrected chi connectivity index (χ1v) is 8.00. The Hall–Kier alpha value is -1.40. The van der Waals surface area contributed by atoms with E-state index in [0.717, 1.165) is 29.1 Å². The highest BCUT2D eigenvalue weighted by molar-refractivity contribution is 7.18. The molecule has 1 unspecified atom stereocenters. The molecule has 5 nitrogen and oxygen atoms in total. The zero-order valence-corrected chi connectivity index (χ0v) is 12.8. The molecule has 2 aromatic rings. The minimum absolute atomic E-state index is 0.352. The topological polar surface area (TPSA) is 67.1 Å². The van der Waals surface area contributed by atoms with Gasteiger partial charge in [-0.1, -0.05) is 6.92 Å². The monoisotopic (exact) mass is 291 g/mol. The van der Waals surface area contributed by atoms with Crippen LogP contribution in [0.1, 0.15) is 24.6 Å². The van der Waals surface area contributed by atoms with Gasteiger partial charge in [0.1, 0.15) is 10.6 Å². The average molecular weight is 291 g/mol. The summed E-state index contributed by atoms with van der Waals surface area (Å²) in [5.74, 6) is 1.24. The third-order valence-electron chi connectivity index (χ3n) is 3.83. The summed E-state index contributed by atoms with van der Waals surface area (Å²) in [6, 6.07) is 2.59. The van der Waals surface area contributed by atoms with Gasteiger partial charge >= 0.3 is 0 Å². The van der Waals surface area contributed by atoms with Crippen LogP contribution in [0, 0.1) is 6.92 Å². The molecule has 0 aromatic carbocycles. The quantitative estimate of drug-likeness (QED) is 0.909. The van der Waals surface area contributed by atoms with Gasteiger partial charge in [-0.2, -0.15) is 4.98 Å². The fraction of sp³-hybridized carbons (Fsp3) is 0.571. The molecule has 0 radical (unpaired) electrons. The van der Waals surface area contributed by atoms with E-state index in [4.69, 9.17) is 5.73 Å². The van der Waals surface area contributed by atoms with Crippen molar-refractivity contribution in [1.29, 1.82) is 0 Å². The molecule has 1 fully saturated rings. The van der Waals surface area contributed by atoms with Gasteiger partial charge in [0.2, 0.25) is 5.95 Å². The lowest BCUT2D eigenvalue weighted by Crippen LogP contribution is -2.42. The summed E-state index contributed by atoms with van der Waals surface area (Å²) in [4.78, 5) is 13.4. The number of thiophene rings is 1. The van der Waals surface area contributed by atoms with Crippen LogP contribution in [0.15, 0.2) is 6.07 Å². The first-order valence-electron chi connectivity index (χ1n) is 7.18. The second-order valence-electron chi connectivity index (χ2n) is 5.38. The first kappa shape index (κ1) is 13.6. The highest BCUT2D eigenvalue weighted by Gasteiger charge is 2.20. The molecule has 2 aromatic heterocycles. The van der Waals surface area contributed by atoms with Crippen molar-refractivity contribution in [2.24, 2.45) is 0 Å². The molecule has 1 saturated heterocycles. The van der Waals surface area contributed by atoms with E-state index in [9.17, 15) is 0 Å². The number of anilines is 2.